The van der Waals surface area contributed by atoms with E-state index < -0.39 is 11.8 Å². The molecule has 0 spiro atoms. The second-order valence-corrected chi connectivity index (χ2v) is 7.35. The van der Waals surface area contributed by atoms with Gasteiger partial charge in [-0.15, -0.1) is 0 Å². The van der Waals surface area contributed by atoms with Gasteiger partial charge >= 0.3 is 5.97 Å². The third-order valence-electron chi connectivity index (χ3n) is 5.12. The minimum atomic E-state index is -0.657. The molecule has 2 aromatic carbocycles. The van der Waals surface area contributed by atoms with Gasteiger partial charge in [-0.3, -0.25) is 0 Å². The number of hydrogen-bond acceptors (Lipinski definition) is 5. The molecule has 7 heteroatoms. The highest BCUT2D eigenvalue weighted by Crippen LogP contribution is 2.29. The maximum absolute atomic E-state index is 15.0. The lowest BCUT2D eigenvalue weighted by atomic mass is 9.99. The van der Waals surface area contributed by atoms with Gasteiger partial charge in [-0.25, -0.2) is 13.9 Å². The van der Waals surface area contributed by atoms with Crippen molar-refractivity contribution in [3.63, 3.8) is 0 Å². The molecule has 0 amide bonds. The smallest absolute Gasteiger partial charge is 0.362 e. The summed E-state index contributed by atoms with van der Waals surface area (Å²) < 4.78 is 21.9. The maximum atomic E-state index is 15.0. The van der Waals surface area contributed by atoms with E-state index in [1.54, 1.807) is 13.0 Å². The molecule has 2 N–H and O–H groups in total. The summed E-state index contributed by atoms with van der Waals surface area (Å²) in [6.07, 6.45) is 0.589. The van der Waals surface area contributed by atoms with E-state index in [9.17, 15) is 9.18 Å². The first-order valence-corrected chi connectivity index (χ1v) is 9.53. The quantitative estimate of drug-likeness (QED) is 0.544. The molecule has 0 saturated carbocycles. The molecule has 1 aliphatic heterocycles. The molecule has 0 aliphatic carbocycles. The van der Waals surface area contributed by atoms with Crippen molar-refractivity contribution in [3.05, 3.63) is 76.4 Å². The molecule has 0 unspecified atom stereocenters. The molecule has 150 valence electrons. The molecule has 0 radical (unpaired) electrons. The van der Waals surface area contributed by atoms with Crippen molar-refractivity contribution in [1.29, 1.82) is 0 Å². The minimum absolute atomic E-state index is 0.0561. The standard InChI is InChI=1S/C22H23FN4O2/c1-14-10-19(27(25-14)17-5-3-4-15(11-17)12-24)22(28)29-20-7-6-16-13-26(2)9-8-18(16)21(20)23/h3-7,10-11H,8-9,12-13,24H2,1-2H3. The summed E-state index contributed by atoms with van der Waals surface area (Å²) in [5, 5.41) is 4.40. The second kappa shape index (κ2) is 7.77. The van der Waals surface area contributed by atoms with Crippen molar-refractivity contribution in [2.24, 2.45) is 5.73 Å². The van der Waals surface area contributed by atoms with Crippen LogP contribution in [0.2, 0.25) is 0 Å². The summed E-state index contributed by atoms with van der Waals surface area (Å²) in [7, 11) is 2.00. The summed E-state index contributed by atoms with van der Waals surface area (Å²) in [6.45, 7) is 3.62. The number of rotatable bonds is 4. The van der Waals surface area contributed by atoms with Crippen LogP contribution in [0, 0.1) is 12.7 Å². The van der Waals surface area contributed by atoms with E-state index in [1.165, 1.54) is 10.7 Å². The number of benzene rings is 2. The average Bonchev–Trinajstić information content (AvgIpc) is 3.12. The van der Waals surface area contributed by atoms with E-state index in [4.69, 9.17) is 10.5 Å². The molecule has 3 aromatic rings. The summed E-state index contributed by atoms with van der Waals surface area (Å²) in [5.74, 6) is -1.17. The summed E-state index contributed by atoms with van der Waals surface area (Å²) in [5.41, 5.74) is 9.76. The van der Waals surface area contributed by atoms with Crippen molar-refractivity contribution in [1.82, 2.24) is 14.7 Å². The van der Waals surface area contributed by atoms with Gasteiger partial charge in [-0.2, -0.15) is 5.10 Å². The topological polar surface area (TPSA) is 73.4 Å². The highest BCUT2D eigenvalue weighted by atomic mass is 19.1. The van der Waals surface area contributed by atoms with Gasteiger partial charge in [-0.1, -0.05) is 18.2 Å². The first-order valence-electron chi connectivity index (χ1n) is 9.53. The van der Waals surface area contributed by atoms with E-state index in [2.05, 4.69) is 10.00 Å². The van der Waals surface area contributed by atoms with E-state index >= 15 is 0 Å². The van der Waals surface area contributed by atoms with Crippen molar-refractivity contribution < 1.29 is 13.9 Å². The lowest BCUT2D eigenvalue weighted by molar-refractivity contribution is 0.0717. The van der Waals surface area contributed by atoms with Gasteiger partial charge in [0, 0.05) is 19.6 Å². The zero-order valence-corrected chi connectivity index (χ0v) is 16.5. The minimum Gasteiger partial charge on any atom is -0.419 e. The molecule has 4 rings (SSSR count). The van der Waals surface area contributed by atoms with Crippen LogP contribution in [0.25, 0.3) is 5.69 Å². The van der Waals surface area contributed by atoms with Gasteiger partial charge in [0.2, 0.25) is 0 Å². The van der Waals surface area contributed by atoms with Crippen LogP contribution in [-0.4, -0.2) is 34.2 Å². The molecule has 1 aromatic heterocycles. The van der Waals surface area contributed by atoms with Crippen molar-refractivity contribution in [2.45, 2.75) is 26.4 Å². The predicted octanol–water partition coefficient (Wildman–Crippen LogP) is 2.99. The maximum Gasteiger partial charge on any atom is 0.362 e. The Bertz CT molecular complexity index is 1080. The molecule has 0 atom stereocenters. The molecular weight excluding hydrogens is 371 g/mol. The monoisotopic (exact) mass is 394 g/mol. The highest BCUT2D eigenvalue weighted by Gasteiger charge is 2.23. The van der Waals surface area contributed by atoms with Crippen molar-refractivity contribution >= 4 is 5.97 Å². The largest absolute Gasteiger partial charge is 0.419 e. The number of aromatic nitrogens is 2. The number of ether oxygens (including phenoxy) is 1. The number of nitrogens with zero attached hydrogens (tertiary/aromatic N) is 3. The number of aryl methyl sites for hydroxylation is 1. The van der Waals surface area contributed by atoms with E-state index in [1.807, 2.05) is 37.4 Å². The Kier molecular flexibility index (Phi) is 5.17. The van der Waals surface area contributed by atoms with Crippen molar-refractivity contribution in [2.75, 3.05) is 13.6 Å². The zero-order valence-electron chi connectivity index (χ0n) is 16.5. The van der Waals surface area contributed by atoms with Gasteiger partial charge in [0.1, 0.15) is 0 Å². The molecule has 6 nitrogen and oxygen atoms in total. The van der Waals surface area contributed by atoms with Crippen LogP contribution in [0.4, 0.5) is 4.39 Å². The van der Waals surface area contributed by atoms with Crippen LogP contribution in [0.1, 0.15) is 32.9 Å². The number of likely N-dealkylation sites (N-methyl/N-ethyl adjacent to an activating group) is 1. The molecule has 29 heavy (non-hydrogen) atoms. The Morgan fingerprint density at radius 2 is 2.10 bits per heavy atom. The zero-order chi connectivity index (χ0) is 20.5. The summed E-state index contributed by atoms with van der Waals surface area (Å²) in [4.78, 5) is 15.0. The Morgan fingerprint density at radius 3 is 2.90 bits per heavy atom. The van der Waals surface area contributed by atoms with Crippen LogP contribution < -0.4 is 10.5 Å². The van der Waals surface area contributed by atoms with Crippen molar-refractivity contribution in [3.8, 4) is 11.4 Å². The second-order valence-electron chi connectivity index (χ2n) is 7.35. The van der Waals surface area contributed by atoms with Gasteiger partial charge in [0.25, 0.3) is 0 Å². The van der Waals surface area contributed by atoms with Gasteiger partial charge < -0.3 is 15.4 Å². The van der Waals surface area contributed by atoms with Crippen LogP contribution in [0.15, 0.2) is 42.5 Å². The van der Waals surface area contributed by atoms with Gasteiger partial charge in [-0.05, 0) is 61.3 Å². The molecular formula is C22H23FN4O2. The van der Waals surface area contributed by atoms with Crippen LogP contribution in [0.5, 0.6) is 5.75 Å². The lowest BCUT2D eigenvalue weighted by Gasteiger charge is -2.25. The van der Waals surface area contributed by atoms with E-state index in [-0.39, 0.29) is 11.4 Å². The fourth-order valence-corrected chi connectivity index (χ4v) is 3.62. The normalized spacial score (nSPS) is 13.9. The number of fused-ring (bicyclic) bond motifs is 1. The molecule has 0 bridgehead atoms. The first kappa shape index (κ1) is 19.3. The number of esters is 1. The Morgan fingerprint density at radius 1 is 1.28 bits per heavy atom. The van der Waals surface area contributed by atoms with Crippen LogP contribution in [-0.2, 0) is 19.5 Å². The number of halogens is 1. The van der Waals surface area contributed by atoms with Gasteiger partial charge in [0.15, 0.2) is 17.3 Å². The van der Waals surface area contributed by atoms with E-state index in [0.29, 0.717) is 36.5 Å². The number of carbonyl (C=O) groups is 1. The first-order chi connectivity index (χ1) is 14.0. The van der Waals surface area contributed by atoms with Gasteiger partial charge in [0.05, 0.1) is 11.4 Å². The number of hydrogen-bond donors (Lipinski definition) is 1. The summed E-state index contributed by atoms with van der Waals surface area (Å²) >= 11 is 0. The third kappa shape index (κ3) is 3.79. The molecule has 0 fully saturated rings. The fourth-order valence-electron chi connectivity index (χ4n) is 3.62. The highest BCUT2D eigenvalue weighted by molar-refractivity contribution is 5.90. The number of carbonyl (C=O) groups excluding carboxylic acids is 1. The molecule has 2 heterocycles. The van der Waals surface area contributed by atoms with E-state index in [0.717, 1.165) is 17.7 Å². The summed E-state index contributed by atoms with van der Waals surface area (Å²) in [6, 6.07) is 12.4. The Labute approximate surface area is 168 Å². The Hall–Kier alpha value is -3.03. The molecule has 1 aliphatic rings. The molecule has 0 saturated heterocycles. The lowest BCUT2D eigenvalue weighted by Crippen LogP contribution is -2.27. The third-order valence-corrected chi connectivity index (χ3v) is 5.12. The van der Waals surface area contributed by atoms with Crippen LogP contribution in [0.3, 0.4) is 0 Å². The average molecular weight is 394 g/mol. The number of nitrogens with two attached hydrogens (primary N) is 1. The SMILES string of the molecule is Cc1cc(C(=O)Oc2ccc3c(c2F)CCN(C)C3)n(-c2cccc(CN)c2)n1. The fraction of sp³-hybridized carbons (Fsp3) is 0.273. The van der Waals surface area contributed by atoms with Crippen LogP contribution >= 0.6 is 0 Å². The Balaban J connectivity index is 1.65. The predicted molar refractivity (Wildman–Crippen MR) is 108 cm³/mol.